The van der Waals surface area contributed by atoms with Crippen molar-refractivity contribution in [3.8, 4) is 22.6 Å². The van der Waals surface area contributed by atoms with Crippen molar-refractivity contribution in [2.45, 2.75) is 40.5 Å². The molecular formula is C29H30N4O4. The number of para-hydroxylation sites is 1. The summed E-state index contributed by atoms with van der Waals surface area (Å²) in [5.74, 6) is -1.62. The number of aromatic hydroxyl groups is 1. The average molecular weight is 499 g/mol. The Morgan fingerprint density at radius 3 is 2.27 bits per heavy atom. The number of aliphatic carboxylic acids is 1. The van der Waals surface area contributed by atoms with E-state index in [2.05, 4.69) is 15.3 Å². The molecule has 0 saturated heterocycles. The zero-order valence-electron chi connectivity index (χ0n) is 21.5. The maximum Gasteiger partial charge on any atom is 0.311 e. The van der Waals surface area contributed by atoms with Gasteiger partial charge < -0.3 is 10.2 Å². The molecule has 1 heterocycles. The molecule has 0 aliphatic carbocycles. The van der Waals surface area contributed by atoms with Crippen LogP contribution in [0.3, 0.4) is 0 Å². The molecule has 37 heavy (non-hydrogen) atoms. The highest BCUT2D eigenvalue weighted by atomic mass is 16.4. The third kappa shape index (κ3) is 5.09. The van der Waals surface area contributed by atoms with Crippen molar-refractivity contribution in [3.05, 3.63) is 93.4 Å². The van der Waals surface area contributed by atoms with Crippen molar-refractivity contribution in [2.75, 3.05) is 0 Å². The second-order valence-corrected chi connectivity index (χ2v) is 9.55. The number of rotatable bonds is 7. The Morgan fingerprint density at radius 2 is 1.65 bits per heavy atom. The Labute approximate surface area is 214 Å². The molecule has 3 N–H and O–H groups in total. The van der Waals surface area contributed by atoms with Gasteiger partial charge >= 0.3 is 5.97 Å². The highest BCUT2D eigenvalue weighted by Crippen LogP contribution is 2.38. The van der Waals surface area contributed by atoms with Crippen molar-refractivity contribution < 1.29 is 15.0 Å². The average Bonchev–Trinajstić information content (AvgIpc) is 3.13. The smallest absolute Gasteiger partial charge is 0.311 e. The topological polar surface area (TPSA) is 120 Å². The van der Waals surface area contributed by atoms with Crippen LogP contribution in [0.4, 0.5) is 11.4 Å². The van der Waals surface area contributed by atoms with E-state index in [9.17, 15) is 19.8 Å². The molecule has 0 saturated carbocycles. The number of hydrogen-bond donors (Lipinski definition) is 3. The number of carboxylic acid groups (broad SMARTS) is 1. The Balaban J connectivity index is 1.65. The number of phenols is 1. The van der Waals surface area contributed by atoms with Crippen LogP contribution in [0.5, 0.6) is 5.75 Å². The van der Waals surface area contributed by atoms with Crippen LogP contribution in [0, 0.1) is 26.7 Å². The summed E-state index contributed by atoms with van der Waals surface area (Å²) in [7, 11) is 0. The molecule has 1 atom stereocenters. The molecular weight excluding hydrogens is 468 g/mol. The minimum atomic E-state index is -0.871. The predicted octanol–water partition coefficient (Wildman–Crippen LogP) is 6.70. The third-order valence-electron chi connectivity index (χ3n) is 6.58. The molecule has 4 aromatic rings. The molecule has 0 amide bonds. The van der Waals surface area contributed by atoms with Gasteiger partial charge in [-0.3, -0.25) is 14.7 Å². The number of carbonyl (C=O) groups is 1. The zero-order chi connectivity index (χ0) is 26.9. The van der Waals surface area contributed by atoms with Gasteiger partial charge in [0.15, 0.2) is 11.4 Å². The predicted molar refractivity (Wildman–Crippen MR) is 144 cm³/mol. The lowest BCUT2D eigenvalue weighted by Crippen LogP contribution is -2.17. The van der Waals surface area contributed by atoms with Crippen molar-refractivity contribution in [1.82, 2.24) is 9.78 Å². The van der Waals surface area contributed by atoms with Crippen molar-refractivity contribution in [1.29, 1.82) is 0 Å². The fourth-order valence-electron chi connectivity index (χ4n) is 4.33. The monoisotopic (exact) mass is 498 g/mol. The van der Waals surface area contributed by atoms with Gasteiger partial charge in [-0.15, -0.1) is 10.2 Å². The second kappa shape index (κ2) is 10.3. The van der Waals surface area contributed by atoms with E-state index in [1.165, 1.54) is 4.68 Å². The van der Waals surface area contributed by atoms with E-state index in [0.717, 1.165) is 11.1 Å². The van der Waals surface area contributed by atoms with Gasteiger partial charge in [0.1, 0.15) is 5.69 Å². The van der Waals surface area contributed by atoms with E-state index in [1.807, 2.05) is 45.9 Å². The summed E-state index contributed by atoms with van der Waals surface area (Å²) in [6, 6.07) is 17.9. The molecule has 190 valence electrons. The molecule has 0 aliphatic rings. The minimum Gasteiger partial charge on any atom is -0.505 e. The number of nitrogens with one attached hydrogen (secondary N) is 1. The lowest BCUT2D eigenvalue weighted by Gasteiger charge is -2.17. The van der Waals surface area contributed by atoms with Crippen LogP contribution in [0.2, 0.25) is 0 Å². The van der Waals surface area contributed by atoms with Gasteiger partial charge in [-0.05, 0) is 67.1 Å². The Bertz CT molecular complexity index is 1550. The lowest BCUT2D eigenvalue weighted by atomic mass is 9.87. The first-order valence-corrected chi connectivity index (χ1v) is 12.0. The number of azo groups is 1. The van der Waals surface area contributed by atoms with Crippen molar-refractivity contribution in [2.24, 2.45) is 16.1 Å². The Kier molecular flexibility index (Phi) is 7.11. The SMILES string of the molecule is Cc1ccc(-n2[nH]c(C)c(N=Nc3cccc(-c4ccc(C(C(=O)O)C(C)C)cc4)c3O)c2=O)cc1C. The molecule has 0 radical (unpaired) electrons. The number of nitrogens with zero attached hydrogens (tertiary/aromatic N) is 3. The van der Waals surface area contributed by atoms with Crippen molar-refractivity contribution in [3.63, 3.8) is 0 Å². The first-order chi connectivity index (χ1) is 17.6. The molecule has 0 bridgehead atoms. The summed E-state index contributed by atoms with van der Waals surface area (Å²) in [4.78, 5) is 24.7. The van der Waals surface area contributed by atoms with Crippen molar-refractivity contribution >= 4 is 17.3 Å². The van der Waals surface area contributed by atoms with Crippen LogP contribution in [-0.2, 0) is 4.79 Å². The number of H-pyrrole nitrogens is 1. The first-order valence-electron chi connectivity index (χ1n) is 12.0. The number of benzene rings is 3. The summed E-state index contributed by atoms with van der Waals surface area (Å²) in [5, 5.41) is 31.9. The molecule has 8 heteroatoms. The number of aryl methyl sites for hydroxylation is 3. The van der Waals surface area contributed by atoms with Gasteiger partial charge in [-0.25, -0.2) is 4.68 Å². The molecule has 8 nitrogen and oxygen atoms in total. The number of carboxylic acids is 1. The van der Waals surface area contributed by atoms with Crippen LogP contribution in [0.1, 0.15) is 42.1 Å². The highest BCUT2D eigenvalue weighted by molar-refractivity contribution is 5.79. The number of hydrogen-bond acceptors (Lipinski definition) is 5. The van der Waals surface area contributed by atoms with Crippen LogP contribution < -0.4 is 5.56 Å². The molecule has 4 rings (SSSR count). The molecule has 1 unspecified atom stereocenters. The quantitative estimate of drug-likeness (QED) is 0.245. The third-order valence-corrected chi connectivity index (χ3v) is 6.58. The minimum absolute atomic E-state index is 0.0583. The van der Waals surface area contributed by atoms with Gasteiger partial charge in [0, 0.05) is 5.56 Å². The van der Waals surface area contributed by atoms with Crippen LogP contribution in [-0.4, -0.2) is 26.0 Å². The van der Waals surface area contributed by atoms with E-state index in [4.69, 9.17) is 0 Å². The number of phenolic OH excluding ortho intramolecular Hbond substituents is 1. The lowest BCUT2D eigenvalue weighted by molar-refractivity contribution is -0.139. The highest BCUT2D eigenvalue weighted by Gasteiger charge is 2.23. The summed E-state index contributed by atoms with van der Waals surface area (Å²) in [6.45, 7) is 9.48. The Hall–Kier alpha value is -4.46. The standard InChI is InChI=1S/C29H30N4O4/c1-16(2)25(29(36)37)21-12-10-20(11-13-21)23-7-6-8-24(27(23)34)30-31-26-19(5)32-33(28(26)35)22-14-9-17(3)18(4)15-22/h6-16,25,32,34H,1-5H3,(H,36,37). The Morgan fingerprint density at radius 1 is 0.946 bits per heavy atom. The van der Waals surface area contributed by atoms with Gasteiger partial charge in [0.25, 0.3) is 5.56 Å². The zero-order valence-corrected chi connectivity index (χ0v) is 21.5. The van der Waals surface area contributed by atoms with Gasteiger partial charge in [-0.2, -0.15) is 0 Å². The van der Waals surface area contributed by atoms with E-state index in [0.29, 0.717) is 28.1 Å². The molecule has 0 spiro atoms. The normalized spacial score (nSPS) is 12.4. The molecule has 0 aliphatic heterocycles. The van der Waals surface area contributed by atoms with Crippen LogP contribution in [0.15, 0.2) is 75.7 Å². The summed E-state index contributed by atoms with van der Waals surface area (Å²) >= 11 is 0. The number of aromatic amines is 1. The fraction of sp³-hybridized carbons (Fsp3) is 0.241. The summed E-state index contributed by atoms with van der Waals surface area (Å²) in [5.41, 5.74) is 5.41. The molecule has 3 aromatic carbocycles. The maximum atomic E-state index is 13.0. The maximum absolute atomic E-state index is 13.0. The van der Waals surface area contributed by atoms with Gasteiger partial charge in [0.05, 0.1) is 17.3 Å². The van der Waals surface area contributed by atoms with E-state index < -0.39 is 11.9 Å². The molecule has 0 fully saturated rings. The van der Waals surface area contributed by atoms with Crippen LogP contribution >= 0.6 is 0 Å². The molecule has 1 aromatic heterocycles. The largest absolute Gasteiger partial charge is 0.505 e. The summed E-state index contributed by atoms with van der Waals surface area (Å²) < 4.78 is 1.43. The van der Waals surface area contributed by atoms with E-state index in [1.54, 1.807) is 49.4 Å². The summed E-state index contributed by atoms with van der Waals surface area (Å²) in [6.07, 6.45) is 0. The second-order valence-electron chi connectivity index (χ2n) is 9.55. The van der Waals surface area contributed by atoms with E-state index >= 15 is 0 Å². The van der Waals surface area contributed by atoms with Crippen LogP contribution in [0.25, 0.3) is 16.8 Å². The van der Waals surface area contributed by atoms with Gasteiger partial charge in [0.2, 0.25) is 0 Å². The van der Waals surface area contributed by atoms with E-state index in [-0.39, 0.29) is 28.6 Å². The number of aromatic nitrogens is 2. The van der Waals surface area contributed by atoms with Gasteiger partial charge in [-0.1, -0.05) is 56.3 Å². The first kappa shape index (κ1) is 25.6. The fourth-order valence-corrected chi connectivity index (χ4v) is 4.33.